The van der Waals surface area contributed by atoms with Gasteiger partial charge >= 0.3 is 0 Å². The minimum atomic E-state index is -1.01. The average Bonchev–Trinajstić information content (AvgIpc) is 2.52. The van der Waals surface area contributed by atoms with E-state index in [-0.39, 0.29) is 22.3 Å². The molecule has 0 aliphatic carbocycles. The predicted octanol–water partition coefficient (Wildman–Crippen LogP) is 3.56. The molecule has 23 heavy (non-hydrogen) atoms. The molecule has 0 saturated heterocycles. The molecule has 0 aromatic heterocycles. The van der Waals surface area contributed by atoms with Crippen LogP contribution in [0.2, 0.25) is 10.0 Å². The number of halogens is 2. The Balaban J connectivity index is 2.11. The van der Waals surface area contributed by atoms with Crippen molar-refractivity contribution >= 4 is 43.8 Å². The maximum Gasteiger partial charge on any atom is 0.276 e. The minimum Gasteiger partial charge on any atom is -0.414 e. The van der Waals surface area contributed by atoms with Crippen molar-refractivity contribution in [2.24, 2.45) is 0 Å². The van der Waals surface area contributed by atoms with E-state index < -0.39 is 14.7 Å². The topological polar surface area (TPSA) is 52.4 Å². The average molecular weight is 368 g/mol. The molecule has 0 spiro atoms. The number of nitro groups is 1. The molecule has 120 valence electrons. The second-order valence-electron chi connectivity index (χ2n) is 4.91. The van der Waals surface area contributed by atoms with Crippen LogP contribution in [0.15, 0.2) is 49.1 Å². The Morgan fingerprint density at radius 3 is 2.61 bits per heavy atom. The Morgan fingerprint density at radius 1 is 1.22 bits per heavy atom. The van der Waals surface area contributed by atoms with E-state index in [0.29, 0.717) is 5.56 Å². The third-order valence-electron chi connectivity index (χ3n) is 3.32. The lowest BCUT2D eigenvalue weighted by Crippen LogP contribution is -2.21. The van der Waals surface area contributed by atoms with Crippen LogP contribution in [-0.4, -0.2) is 14.7 Å². The van der Waals surface area contributed by atoms with Crippen LogP contribution in [-0.2, 0) is 17.5 Å². The zero-order valence-corrected chi connectivity index (χ0v) is 15.2. The van der Waals surface area contributed by atoms with Crippen molar-refractivity contribution in [2.45, 2.75) is 13.0 Å². The van der Waals surface area contributed by atoms with Gasteiger partial charge in [0.05, 0.1) is 27.1 Å². The minimum absolute atomic E-state index is 0.0761. The summed E-state index contributed by atoms with van der Waals surface area (Å²) in [4.78, 5) is 10.6. The van der Waals surface area contributed by atoms with Crippen LogP contribution in [0.3, 0.4) is 0 Å². The molecule has 0 amide bonds. The van der Waals surface area contributed by atoms with Crippen LogP contribution in [0.1, 0.15) is 11.1 Å². The van der Waals surface area contributed by atoms with Crippen LogP contribution < -0.4 is 5.19 Å². The summed E-state index contributed by atoms with van der Waals surface area (Å²) in [6.45, 7) is 3.89. The third-order valence-corrected chi connectivity index (χ3v) is 5.45. The molecule has 0 N–H and O–H groups in total. The van der Waals surface area contributed by atoms with Crippen LogP contribution >= 0.6 is 23.2 Å². The first-order chi connectivity index (χ1) is 11.0. The van der Waals surface area contributed by atoms with Gasteiger partial charge in [-0.2, -0.15) is 0 Å². The molecule has 0 fully saturated rings. The van der Waals surface area contributed by atoms with Crippen LogP contribution in [0.4, 0.5) is 5.69 Å². The van der Waals surface area contributed by atoms with E-state index in [1.54, 1.807) is 0 Å². The van der Waals surface area contributed by atoms with Gasteiger partial charge in [-0.05, 0) is 23.2 Å². The third kappa shape index (κ3) is 4.65. The molecule has 0 radical (unpaired) electrons. The van der Waals surface area contributed by atoms with Crippen molar-refractivity contribution in [3.05, 3.63) is 80.3 Å². The summed E-state index contributed by atoms with van der Waals surface area (Å²) in [6, 6.07) is 10.7. The molecule has 0 aliphatic heterocycles. The van der Waals surface area contributed by atoms with E-state index in [1.807, 2.05) is 30.3 Å². The highest BCUT2D eigenvalue weighted by molar-refractivity contribution is 6.47. The zero-order valence-electron chi connectivity index (χ0n) is 12.3. The van der Waals surface area contributed by atoms with Crippen molar-refractivity contribution in [3.8, 4) is 0 Å². The summed E-state index contributed by atoms with van der Waals surface area (Å²) in [7, 11) is -1.01. The smallest absolute Gasteiger partial charge is 0.276 e. The fourth-order valence-electron chi connectivity index (χ4n) is 2.19. The van der Waals surface area contributed by atoms with Gasteiger partial charge in [-0.3, -0.25) is 10.1 Å². The van der Waals surface area contributed by atoms with Crippen LogP contribution in [0.25, 0.3) is 0 Å². The lowest BCUT2D eigenvalue weighted by Gasteiger charge is -2.09. The number of rotatable bonds is 7. The van der Waals surface area contributed by atoms with Crippen molar-refractivity contribution in [2.75, 3.05) is 0 Å². The molecular weight excluding hydrogens is 353 g/mol. The molecule has 0 atom stereocenters. The van der Waals surface area contributed by atoms with Gasteiger partial charge in [0.15, 0.2) is 9.76 Å². The van der Waals surface area contributed by atoms with E-state index in [1.165, 1.54) is 17.7 Å². The SMILES string of the molecule is C=CCc1ccccc1[SiH2]OCc1cc(Cl)c(Cl)cc1[N+](=O)[O-]. The molecule has 0 saturated carbocycles. The van der Waals surface area contributed by atoms with Gasteiger partial charge in [0, 0.05) is 6.07 Å². The van der Waals surface area contributed by atoms with Gasteiger partial charge in [-0.1, -0.05) is 53.5 Å². The highest BCUT2D eigenvalue weighted by Crippen LogP contribution is 2.30. The Bertz CT molecular complexity index is 737. The normalized spacial score (nSPS) is 11.0. The quantitative estimate of drug-likeness (QED) is 0.325. The van der Waals surface area contributed by atoms with Crippen LogP contribution in [0.5, 0.6) is 0 Å². The van der Waals surface area contributed by atoms with Gasteiger partial charge in [0.25, 0.3) is 5.69 Å². The Morgan fingerprint density at radius 2 is 1.91 bits per heavy atom. The molecule has 0 aliphatic rings. The molecule has 7 heteroatoms. The largest absolute Gasteiger partial charge is 0.414 e. The van der Waals surface area contributed by atoms with Crippen molar-refractivity contribution < 1.29 is 9.35 Å². The number of nitro benzene ring substituents is 1. The molecule has 0 heterocycles. The summed E-state index contributed by atoms with van der Waals surface area (Å²) in [5.74, 6) is 0. The standard InChI is InChI=1S/C16H15Cl2NO3Si/c1-2-5-11-6-3-4-7-16(11)23-22-10-12-8-13(17)14(18)9-15(12)19(20)21/h2-4,6-9H,1,5,10,23H2. The maximum absolute atomic E-state index is 11.1. The van der Waals surface area contributed by atoms with Gasteiger partial charge in [0.2, 0.25) is 0 Å². The predicted molar refractivity (Wildman–Crippen MR) is 96.4 cm³/mol. The highest BCUT2D eigenvalue weighted by Gasteiger charge is 2.17. The molecule has 2 rings (SSSR count). The van der Waals surface area contributed by atoms with E-state index in [4.69, 9.17) is 27.6 Å². The first kappa shape index (κ1) is 17.7. The van der Waals surface area contributed by atoms with E-state index in [2.05, 4.69) is 6.58 Å². The highest BCUT2D eigenvalue weighted by atomic mass is 35.5. The molecule has 2 aromatic rings. The van der Waals surface area contributed by atoms with E-state index in [9.17, 15) is 10.1 Å². The first-order valence-corrected chi connectivity index (χ1v) is 8.94. The number of nitrogens with zero attached hydrogens (tertiary/aromatic N) is 1. The summed E-state index contributed by atoms with van der Waals surface area (Å²) >= 11 is 11.8. The maximum atomic E-state index is 11.1. The zero-order chi connectivity index (χ0) is 16.8. The number of hydrogen-bond donors (Lipinski definition) is 0. The lowest BCUT2D eigenvalue weighted by molar-refractivity contribution is -0.385. The Hall–Kier alpha value is -1.66. The summed E-state index contributed by atoms with van der Waals surface area (Å²) in [6.07, 6.45) is 2.62. The molecular formula is C16H15Cl2NO3Si. The van der Waals surface area contributed by atoms with Gasteiger partial charge in [0.1, 0.15) is 0 Å². The lowest BCUT2D eigenvalue weighted by atomic mass is 10.1. The fourth-order valence-corrected chi connectivity index (χ4v) is 3.75. The van der Waals surface area contributed by atoms with Crippen LogP contribution in [0, 0.1) is 10.1 Å². The second-order valence-corrected chi connectivity index (χ2v) is 7.18. The fraction of sp³-hybridized carbons (Fsp3) is 0.125. The number of allylic oxidation sites excluding steroid dienone is 1. The van der Waals surface area contributed by atoms with E-state index >= 15 is 0 Å². The number of hydrogen-bond acceptors (Lipinski definition) is 3. The van der Waals surface area contributed by atoms with Gasteiger partial charge in [-0.15, -0.1) is 6.58 Å². The van der Waals surface area contributed by atoms with Crippen molar-refractivity contribution in [1.82, 2.24) is 0 Å². The molecule has 2 aromatic carbocycles. The summed E-state index contributed by atoms with van der Waals surface area (Å²) < 4.78 is 5.78. The molecule has 4 nitrogen and oxygen atoms in total. The van der Waals surface area contributed by atoms with Gasteiger partial charge in [-0.25, -0.2) is 0 Å². The van der Waals surface area contributed by atoms with Gasteiger partial charge < -0.3 is 4.43 Å². The number of benzene rings is 2. The first-order valence-electron chi connectivity index (χ1n) is 6.90. The Kier molecular flexibility index (Phi) is 6.35. The van der Waals surface area contributed by atoms with Crippen molar-refractivity contribution in [1.29, 1.82) is 0 Å². The summed E-state index contributed by atoms with van der Waals surface area (Å²) in [5, 5.41) is 12.7. The molecule has 0 bridgehead atoms. The monoisotopic (exact) mass is 367 g/mol. The Labute approximate surface area is 146 Å². The van der Waals surface area contributed by atoms with Crippen molar-refractivity contribution in [3.63, 3.8) is 0 Å². The summed E-state index contributed by atoms with van der Waals surface area (Å²) in [5.41, 5.74) is 1.53. The second kappa shape index (κ2) is 8.26. The molecule has 0 unspecified atom stereocenters. The van der Waals surface area contributed by atoms with E-state index in [0.717, 1.165) is 11.6 Å².